The predicted molar refractivity (Wildman–Crippen MR) is 145 cm³/mol. The van der Waals surface area contributed by atoms with E-state index in [9.17, 15) is 14.7 Å². The first kappa shape index (κ1) is 26.9. The van der Waals surface area contributed by atoms with Crippen LogP contribution in [0.25, 0.3) is 5.76 Å². The number of methoxy groups -OCH3 is 2. The Hall–Kier alpha value is -4.17. The van der Waals surface area contributed by atoms with Crippen molar-refractivity contribution < 1.29 is 33.6 Å². The van der Waals surface area contributed by atoms with Gasteiger partial charge in [-0.25, -0.2) is 0 Å². The molecule has 1 fully saturated rings. The fourth-order valence-electron chi connectivity index (χ4n) is 4.42. The van der Waals surface area contributed by atoms with Crippen LogP contribution < -0.4 is 23.8 Å². The topological polar surface area (TPSA) is 94.5 Å². The van der Waals surface area contributed by atoms with Crippen LogP contribution in [0.5, 0.6) is 23.0 Å². The highest BCUT2D eigenvalue weighted by Crippen LogP contribution is 2.45. The molecular weight excluding hydrogens is 510 g/mol. The summed E-state index contributed by atoms with van der Waals surface area (Å²) < 4.78 is 21.9. The van der Waals surface area contributed by atoms with E-state index in [0.717, 1.165) is 0 Å². The molecule has 1 aliphatic rings. The number of carbonyl (C=O) groups is 2. The van der Waals surface area contributed by atoms with Gasteiger partial charge in [0.05, 0.1) is 49.6 Å². The third kappa shape index (κ3) is 4.99. The van der Waals surface area contributed by atoms with Gasteiger partial charge in [0.1, 0.15) is 28.8 Å². The van der Waals surface area contributed by atoms with E-state index in [4.69, 9.17) is 30.5 Å². The van der Waals surface area contributed by atoms with Gasteiger partial charge in [0, 0.05) is 11.8 Å². The van der Waals surface area contributed by atoms with E-state index in [-0.39, 0.29) is 21.9 Å². The zero-order valence-corrected chi connectivity index (χ0v) is 22.2. The summed E-state index contributed by atoms with van der Waals surface area (Å²) in [5.41, 5.74) is 1.07. The minimum atomic E-state index is -0.959. The molecule has 1 aliphatic heterocycles. The number of aliphatic hydroxyl groups is 1. The molecule has 0 bridgehead atoms. The molecule has 0 radical (unpaired) electrons. The average molecular weight is 538 g/mol. The highest BCUT2D eigenvalue weighted by molar-refractivity contribution is 6.51. The quantitative estimate of drug-likeness (QED) is 0.210. The van der Waals surface area contributed by atoms with Crippen molar-refractivity contribution in [2.45, 2.75) is 19.9 Å². The Morgan fingerprint density at radius 2 is 1.55 bits per heavy atom. The molecule has 1 amide bonds. The lowest BCUT2D eigenvalue weighted by Crippen LogP contribution is -2.29. The Bertz CT molecular complexity index is 1380. The van der Waals surface area contributed by atoms with Crippen LogP contribution >= 0.6 is 11.6 Å². The van der Waals surface area contributed by atoms with Crippen molar-refractivity contribution >= 4 is 34.7 Å². The van der Waals surface area contributed by atoms with Crippen molar-refractivity contribution in [1.29, 1.82) is 0 Å². The number of amides is 1. The normalized spacial score (nSPS) is 16.4. The summed E-state index contributed by atoms with van der Waals surface area (Å²) in [6, 6.07) is 15.9. The van der Waals surface area contributed by atoms with Crippen LogP contribution in [0.15, 0.2) is 66.2 Å². The zero-order valence-electron chi connectivity index (χ0n) is 21.5. The van der Waals surface area contributed by atoms with Gasteiger partial charge in [-0.1, -0.05) is 23.7 Å². The third-order valence-electron chi connectivity index (χ3n) is 6.08. The monoisotopic (exact) mass is 537 g/mol. The summed E-state index contributed by atoms with van der Waals surface area (Å²) in [4.78, 5) is 28.3. The van der Waals surface area contributed by atoms with Gasteiger partial charge < -0.3 is 24.1 Å². The number of benzene rings is 3. The lowest BCUT2D eigenvalue weighted by Gasteiger charge is -2.26. The SMILES string of the molecule is CCOc1ccc(N2C(=O)C(=O)/C(=C(/O)c3cc(Cl)c(OC)cc3OC)C2c2cccc(OCC)c2)cc1. The first-order valence-corrected chi connectivity index (χ1v) is 12.4. The number of ether oxygens (including phenoxy) is 4. The molecule has 3 aromatic carbocycles. The van der Waals surface area contributed by atoms with Gasteiger partial charge in [0.2, 0.25) is 0 Å². The van der Waals surface area contributed by atoms with Crippen molar-refractivity contribution in [2.75, 3.05) is 32.3 Å². The maximum atomic E-state index is 13.5. The minimum Gasteiger partial charge on any atom is -0.507 e. The van der Waals surface area contributed by atoms with Gasteiger partial charge in [-0.2, -0.15) is 0 Å². The van der Waals surface area contributed by atoms with Crippen LogP contribution in [0.1, 0.15) is 31.0 Å². The third-order valence-corrected chi connectivity index (χ3v) is 6.38. The van der Waals surface area contributed by atoms with Crippen LogP contribution in [-0.4, -0.2) is 44.2 Å². The molecule has 1 atom stereocenters. The molecule has 0 spiro atoms. The van der Waals surface area contributed by atoms with E-state index in [1.165, 1.54) is 31.3 Å². The standard InChI is InChI=1S/C29H28ClNO7/c1-5-37-19-12-10-18(11-13-19)31-26(17-8-7-9-20(14-17)38-6-2)25(28(33)29(31)34)27(32)21-15-22(30)24(36-4)16-23(21)35-3/h7-16,26,32H,5-6H2,1-4H3/b27-25+. The molecule has 0 aliphatic carbocycles. The minimum absolute atomic E-state index is 0.114. The number of Topliss-reactive ketones (excluding diaryl/α,β-unsaturated/α-hetero) is 1. The van der Waals surface area contributed by atoms with E-state index in [1.54, 1.807) is 48.5 Å². The maximum Gasteiger partial charge on any atom is 0.300 e. The van der Waals surface area contributed by atoms with E-state index in [0.29, 0.717) is 41.7 Å². The van der Waals surface area contributed by atoms with E-state index in [1.807, 2.05) is 13.8 Å². The maximum absolute atomic E-state index is 13.5. The van der Waals surface area contributed by atoms with Crippen molar-refractivity contribution in [3.8, 4) is 23.0 Å². The summed E-state index contributed by atoms with van der Waals surface area (Å²) in [5.74, 6) is -0.329. The summed E-state index contributed by atoms with van der Waals surface area (Å²) in [7, 11) is 2.87. The van der Waals surface area contributed by atoms with Gasteiger partial charge in [0.25, 0.3) is 11.7 Å². The summed E-state index contributed by atoms with van der Waals surface area (Å²) >= 11 is 6.34. The molecule has 4 rings (SSSR count). The summed E-state index contributed by atoms with van der Waals surface area (Å²) in [5, 5.41) is 11.7. The lowest BCUT2D eigenvalue weighted by atomic mass is 9.94. The highest BCUT2D eigenvalue weighted by atomic mass is 35.5. The van der Waals surface area contributed by atoms with Gasteiger partial charge in [-0.05, 0) is 61.9 Å². The van der Waals surface area contributed by atoms with Crippen LogP contribution in [0.3, 0.4) is 0 Å². The van der Waals surface area contributed by atoms with Gasteiger partial charge in [-0.3, -0.25) is 14.5 Å². The number of anilines is 1. The molecular formula is C29H28ClNO7. The van der Waals surface area contributed by atoms with Crippen LogP contribution in [-0.2, 0) is 9.59 Å². The van der Waals surface area contributed by atoms with Crippen molar-refractivity contribution in [3.63, 3.8) is 0 Å². The van der Waals surface area contributed by atoms with Gasteiger partial charge >= 0.3 is 0 Å². The molecule has 1 N–H and O–H groups in total. The fraction of sp³-hybridized carbons (Fsp3) is 0.241. The van der Waals surface area contributed by atoms with Crippen LogP contribution in [0, 0.1) is 0 Å². The Kier molecular flexibility index (Phi) is 8.12. The number of hydrogen-bond donors (Lipinski definition) is 1. The fourth-order valence-corrected chi connectivity index (χ4v) is 4.66. The second-order valence-electron chi connectivity index (χ2n) is 8.29. The Morgan fingerprint density at radius 3 is 2.18 bits per heavy atom. The summed E-state index contributed by atoms with van der Waals surface area (Å²) in [6.45, 7) is 4.65. The molecule has 1 unspecified atom stereocenters. The Labute approximate surface area is 225 Å². The molecule has 9 heteroatoms. The van der Waals surface area contributed by atoms with E-state index in [2.05, 4.69) is 0 Å². The summed E-state index contributed by atoms with van der Waals surface area (Å²) in [6.07, 6.45) is 0. The van der Waals surface area contributed by atoms with E-state index < -0.39 is 23.5 Å². The largest absolute Gasteiger partial charge is 0.507 e. The Morgan fingerprint density at radius 1 is 0.895 bits per heavy atom. The molecule has 198 valence electrons. The number of ketones is 1. The molecule has 38 heavy (non-hydrogen) atoms. The van der Waals surface area contributed by atoms with Crippen molar-refractivity contribution in [2.24, 2.45) is 0 Å². The Balaban J connectivity index is 1.95. The molecule has 0 saturated carbocycles. The smallest absolute Gasteiger partial charge is 0.300 e. The number of hydrogen-bond acceptors (Lipinski definition) is 7. The molecule has 8 nitrogen and oxygen atoms in total. The highest BCUT2D eigenvalue weighted by Gasteiger charge is 2.47. The second-order valence-corrected chi connectivity index (χ2v) is 8.70. The van der Waals surface area contributed by atoms with Crippen molar-refractivity contribution in [1.82, 2.24) is 0 Å². The predicted octanol–water partition coefficient (Wildman–Crippen LogP) is 5.78. The molecule has 1 saturated heterocycles. The second kappa shape index (κ2) is 11.5. The van der Waals surface area contributed by atoms with Crippen LogP contribution in [0.2, 0.25) is 5.02 Å². The van der Waals surface area contributed by atoms with Gasteiger partial charge in [0.15, 0.2) is 0 Å². The number of aliphatic hydroxyl groups excluding tert-OH is 1. The van der Waals surface area contributed by atoms with E-state index >= 15 is 0 Å². The molecule has 3 aromatic rings. The molecule has 1 heterocycles. The van der Waals surface area contributed by atoms with Crippen molar-refractivity contribution in [3.05, 3.63) is 82.4 Å². The first-order valence-electron chi connectivity index (χ1n) is 12.0. The number of halogens is 1. The zero-order chi connectivity index (χ0) is 27.4. The number of rotatable bonds is 9. The first-order chi connectivity index (χ1) is 18.3. The molecule has 0 aromatic heterocycles. The number of nitrogens with zero attached hydrogens (tertiary/aromatic N) is 1. The lowest BCUT2D eigenvalue weighted by molar-refractivity contribution is -0.132. The van der Waals surface area contributed by atoms with Crippen LogP contribution in [0.4, 0.5) is 5.69 Å². The average Bonchev–Trinajstić information content (AvgIpc) is 3.19. The number of carbonyl (C=O) groups excluding carboxylic acids is 2. The van der Waals surface area contributed by atoms with Gasteiger partial charge in [-0.15, -0.1) is 0 Å².